The van der Waals surface area contributed by atoms with Crippen LogP contribution < -0.4 is 20.3 Å². The van der Waals surface area contributed by atoms with Crippen molar-refractivity contribution in [1.29, 1.82) is 0 Å². The molecule has 1 aliphatic rings. The van der Waals surface area contributed by atoms with Crippen molar-refractivity contribution in [3.05, 3.63) is 77.6 Å². The van der Waals surface area contributed by atoms with Crippen LogP contribution in [0.15, 0.2) is 71.9 Å². The number of amides is 1. The predicted octanol–water partition coefficient (Wildman–Crippen LogP) is 4.14. The number of carbonyl (C=O) groups is 2. The molecule has 0 aliphatic carbocycles. The SMILES string of the molecule is CC(C)(C)C(CC(=O)O)(NC(=O)c1ccc(N2CCC(Nc3ncccn3)CC2)c(Cl)c1)NS(=O)(=O)c1ccccc1. The first-order chi connectivity index (χ1) is 19.8. The summed E-state index contributed by atoms with van der Waals surface area (Å²) in [5.74, 6) is -1.36. The molecule has 0 radical (unpaired) electrons. The van der Waals surface area contributed by atoms with Crippen LogP contribution in [0, 0.1) is 5.41 Å². The van der Waals surface area contributed by atoms with Gasteiger partial charge in [-0.15, -0.1) is 0 Å². The van der Waals surface area contributed by atoms with Gasteiger partial charge in [0.15, 0.2) is 0 Å². The Morgan fingerprint density at radius 3 is 2.24 bits per heavy atom. The van der Waals surface area contributed by atoms with Crippen LogP contribution in [0.2, 0.25) is 5.02 Å². The molecule has 3 aromatic rings. The number of aromatic nitrogens is 2. The first-order valence-electron chi connectivity index (χ1n) is 13.5. The van der Waals surface area contributed by atoms with Crippen LogP contribution in [0.5, 0.6) is 0 Å². The maximum absolute atomic E-state index is 13.5. The molecule has 1 saturated heterocycles. The Morgan fingerprint density at radius 1 is 1.02 bits per heavy atom. The summed E-state index contributed by atoms with van der Waals surface area (Å²) in [7, 11) is -4.20. The van der Waals surface area contributed by atoms with E-state index >= 15 is 0 Å². The number of nitrogens with one attached hydrogen (secondary N) is 3. The molecular formula is C29H35ClN6O5S. The van der Waals surface area contributed by atoms with E-state index in [2.05, 4.69) is 30.2 Å². The van der Waals surface area contributed by atoms with E-state index in [4.69, 9.17) is 11.6 Å². The molecule has 4 N–H and O–H groups in total. The van der Waals surface area contributed by atoms with E-state index < -0.39 is 39.4 Å². The van der Waals surface area contributed by atoms with Gasteiger partial charge in [0.2, 0.25) is 16.0 Å². The van der Waals surface area contributed by atoms with Crippen LogP contribution in [-0.4, -0.2) is 60.2 Å². The van der Waals surface area contributed by atoms with E-state index in [1.54, 1.807) is 69.6 Å². The first-order valence-corrected chi connectivity index (χ1v) is 15.4. The minimum atomic E-state index is -4.20. The van der Waals surface area contributed by atoms with Gasteiger partial charge in [-0.3, -0.25) is 9.59 Å². The average molecular weight is 615 g/mol. The largest absolute Gasteiger partial charge is 0.481 e. The topological polar surface area (TPSA) is 154 Å². The van der Waals surface area contributed by atoms with Crippen molar-refractivity contribution in [2.45, 2.75) is 56.6 Å². The summed E-state index contributed by atoms with van der Waals surface area (Å²) >= 11 is 6.64. The zero-order valence-electron chi connectivity index (χ0n) is 23.7. The van der Waals surface area contributed by atoms with Crippen molar-refractivity contribution in [2.75, 3.05) is 23.3 Å². The Hall–Kier alpha value is -3.74. The molecule has 0 bridgehead atoms. The molecule has 11 nitrogen and oxygen atoms in total. The minimum absolute atomic E-state index is 0.0547. The molecular weight excluding hydrogens is 580 g/mol. The van der Waals surface area contributed by atoms with Crippen molar-refractivity contribution in [2.24, 2.45) is 5.41 Å². The Kier molecular flexibility index (Phi) is 9.39. The third-order valence-electron chi connectivity index (χ3n) is 7.33. The quantitative estimate of drug-likeness (QED) is 0.247. The molecule has 2 heterocycles. The number of carbonyl (C=O) groups excluding carboxylic acids is 1. The summed E-state index contributed by atoms with van der Waals surface area (Å²) < 4.78 is 29.1. The first kappa shape index (κ1) is 31.2. The molecule has 0 spiro atoms. The molecule has 2 aromatic carbocycles. The van der Waals surface area contributed by atoms with Gasteiger partial charge in [-0.1, -0.05) is 50.6 Å². The highest BCUT2D eigenvalue weighted by Gasteiger charge is 2.48. The number of hydrogen-bond acceptors (Lipinski definition) is 8. The van der Waals surface area contributed by atoms with Gasteiger partial charge < -0.3 is 20.6 Å². The lowest BCUT2D eigenvalue weighted by Crippen LogP contribution is -2.68. The zero-order chi connectivity index (χ0) is 30.5. The van der Waals surface area contributed by atoms with Crippen LogP contribution in [0.25, 0.3) is 0 Å². The number of carboxylic acid groups (broad SMARTS) is 1. The zero-order valence-corrected chi connectivity index (χ0v) is 25.2. The smallest absolute Gasteiger partial charge is 0.307 e. The fraction of sp³-hybridized carbons (Fsp3) is 0.379. The number of rotatable bonds is 10. The number of piperidine rings is 1. The fourth-order valence-electron chi connectivity index (χ4n) is 4.82. The van der Waals surface area contributed by atoms with E-state index in [9.17, 15) is 23.1 Å². The molecule has 13 heteroatoms. The molecule has 224 valence electrons. The van der Waals surface area contributed by atoms with Gasteiger partial charge in [0.1, 0.15) is 5.66 Å². The highest BCUT2D eigenvalue weighted by Crippen LogP contribution is 2.34. The second kappa shape index (κ2) is 12.6. The number of anilines is 2. The summed E-state index contributed by atoms with van der Waals surface area (Å²) in [5, 5.41) is 16.2. The van der Waals surface area contributed by atoms with Crippen LogP contribution in [0.4, 0.5) is 11.6 Å². The van der Waals surface area contributed by atoms with Crippen molar-refractivity contribution >= 4 is 45.1 Å². The maximum atomic E-state index is 13.5. The molecule has 1 atom stereocenters. The molecule has 1 unspecified atom stereocenters. The monoisotopic (exact) mass is 614 g/mol. The van der Waals surface area contributed by atoms with Gasteiger partial charge in [0.05, 0.1) is 22.0 Å². The number of sulfonamides is 1. The summed E-state index contributed by atoms with van der Waals surface area (Å²) in [6, 6.07) is 14.4. The van der Waals surface area contributed by atoms with Crippen molar-refractivity contribution in [3.8, 4) is 0 Å². The minimum Gasteiger partial charge on any atom is -0.481 e. The molecule has 1 amide bonds. The number of aliphatic carboxylic acids is 1. The van der Waals surface area contributed by atoms with Gasteiger partial charge in [-0.2, -0.15) is 4.72 Å². The van der Waals surface area contributed by atoms with Gasteiger partial charge in [-0.05, 0) is 49.2 Å². The van der Waals surface area contributed by atoms with Crippen molar-refractivity contribution in [3.63, 3.8) is 0 Å². The predicted molar refractivity (Wildman–Crippen MR) is 161 cm³/mol. The lowest BCUT2D eigenvalue weighted by Gasteiger charge is -2.44. The molecule has 4 rings (SSSR count). The Bertz CT molecular complexity index is 1510. The van der Waals surface area contributed by atoms with Gasteiger partial charge in [0.25, 0.3) is 5.91 Å². The highest BCUT2D eigenvalue weighted by molar-refractivity contribution is 7.89. The summed E-state index contributed by atoms with van der Waals surface area (Å²) in [5.41, 5.74) is -1.98. The third-order valence-corrected chi connectivity index (χ3v) is 9.14. The van der Waals surface area contributed by atoms with Crippen LogP contribution in [-0.2, 0) is 14.8 Å². The van der Waals surface area contributed by atoms with Gasteiger partial charge in [0, 0.05) is 42.5 Å². The molecule has 42 heavy (non-hydrogen) atoms. The number of benzene rings is 2. The Morgan fingerprint density at radius 2 is 1.67 bits per heavy atom. The fourth-order valence-corrected chi connectivity index (χ4v) is 6.64. The van der Waals surface area contributed by atoms with Gasteiger partial charge in [-0.25, -0.2) is 18.4 Å². The lowest BCUT2D eigenvalue weighted by atomic mass is 9.78. The van der Waals surface area contributed by atoms with Crippen molar-refractivity contribution in [1.82, 2.24) is 20.0 Å². The standard InChI is InChI=1S/C29H35ClN6O5S/c1-28(2,3)29(19-25(37)38,35-42(40,41)22-8-5-4-6-9-22)34-26(39)20-10-11-24(23(30)18-20)36-16-12-21(13-17-36)33-27-31-14-7-15-32-27/h4-11,14-15,18,21,35H,12-13,16-17,19H2,1-3H3,(H,34,39)(H,37,38)(H,31,32,33). The summed E-state index contributed by atoms with van der Waals surface area (Å²) in [6.07, 6.45) is 4.35. The second-order valence-electron chi connectivity index (χ2n) is 11.2. The van der Waals surface area contributed by atoms with Crippen LogP contribution in [0.3, 0.4) is 0 Å². The Balaban J connectivity index is 1.52. The van der Waals surface area contributed by atoms with E-state index in [1.807, 2.05) is 0 Å². The highest BCUT2D eigenvalue weighted by atomic mass is 35.5. The summed E-state index contributed by atoms with van der Waals surface area (Å²) in [4.78, 5) is 36.0. The second-order valence-corrected chi connectivity index (χ2v) is 13.3. The van der Waals surface area contributed by atoms with E-state index in [1.165, 1.54) is 18.2 Å². The van der Waals surface area contributed by atoms with Gasteiger partial charge >= 0.3 is 5.97 Å². The summed E-state index contributed by atoms with van der Waals surface area (Å²) in [6.45, 7) is 6.41. The van der Waals surface area contributed by atoms with E-state index in [0.717, 1.165) is 31.6 Å². The van der Waals surface area contributed by atoms with Crippen LogP contribution >= 0.6 is 11.6 Å². The number of halogens is 1. The number of hydrogen-bond donors (Lipinski definition) is 4. The molecule has 1 aromatic heterocycles. The lowest BCUT2D eigenvalue weighted by molar-refractivity contribution is -0.140. The van der Waals surface area contributed by atoms with Crippen LogP contribution in [0.1, 0.15) is 50.4 Å². The van der Waals surface area contributed by atoms with Crippen molar-refractivity contribution < 1.29 is 23.1 Å². The third kappa shape index (κ3) is 7.36. The molecule has 0 saturated carbocycles. The Labute approximate surface area is 250 Å². The number of nitrogens with zero attached hydrogens (tertiary/aromatic N) is 3. The van der Waals surface area contributed by atoms with E-state index in [-0.39, 0.29) is 16.5 Å². The normalized spacial score (nSPS) is 16.0. The number of carboxylic acids is 1. The maximum Gasteiger partial charge on any atom is 0.307 e. The average Bonchev–Trinajstić information content (AvgIpc) is 2.93. The molecule has 1 aliphatic heterocycles. The van der Waals surface area contributed by atoms with E-state index in [0.29, 0.717) is 11.0 Å². The molecule has 1 fully saturated rings.